The quantitative estimate of drug-likeness (QED) is 0.382. The molecule has 186 valence electrons. The van der Waals surface area contributed by atoms with E-state index in [4.69, 9.17) is 32.9 Å². The number of H-pyrrole nitrogens is 1. The minimum atomic E-state index is -0.556. The molecule has 1 aromatic carbocycles. The van der Waals surface area contributed by atoms with E-state index >= 15 is 0 Å². The molecule has 8 nitrogen and oxygen atoms in total. The van der Waals surface area contributed by atoms with Gasteiger partial charge in [-0.25, -0.2) is 4.98 Å². The molecule has 10 heteroatoms. The van der Waals surface area contributed by atoms with Crippen molar-refractivity contribution < 1.29 is 9.84 Å². The number of benzene rings is 1. The maximum Gasteiger partial charge on any atom is 0.128 e. The topological polar surface area (TPSA) is 90.4 Å². The largest absolute Gasteiger partial charge is 0.489 e. The SMILES string of the molecule is CC1(O)CN(C2(C)CN(c3ccc(-c4n[nH]c5ccc(OCc6c(Cl)cncc6Cl)cc45)cn3)C2)C1. The first-order valence-electron chi connectivity index (χ1n) is 11.8. The standard InChI is InChI=1S/C26H26Cl2N6O2/c1-25(34-14-26(2,35)15-34)12-33(13-25)23-6-3-16(8-30-23)24-18-7-17(4-5-22(18)31-32-24)36-11-19-20(27)9-29-10-21(19)28/h3-10,35H,11-15H2,1-2H3,(H,31,32). The molecule has 2 saturated heterocycles. The molecular formula is C26H26Cl2N6O2. The van der Waals surface area contributed by atoms with Crippen LogP contribution in [0.1, 0.15) is 19.4 Å². The predicted molar refractivity (Wildman–Crippen MR) is 141 cm³/mol. The summed E-state index contributed by atoms with van der Waals surface area (Å²) in [5.74, 6) is 1.63. The van der Waals surface area contributed by atoms with Crippen LogP contribution >= 0.6 is 23.2 Å². The van der Waals surface area contributed by atoms with E-state index in [9.17, 15) is 5.11 Å². The van der Waals surface area contributed by atoms with Crippen LogP contribution in [0.25, 0.3) is 22.2 Å². The smallest absolute Gasteiger partial charge is 0.128 e. The lowest BCUT2D eigenvalue weighted by Gasteiger charge is -2.61. The van der Waals surface area contributed by atoms with Gasteiger partial charge in [-0.3, -0.25) is 15.0 Å². The number of halogens is 2. The Morgan fingerprint density at radius 2 is 1.78 bits per heavy atom. The molecule has 0 unspecified atom stereocenters. The zero-order chi connectivity index (χ0) is 25.1. The molecule has 3 aromatic heterocycles. The van der Waals surface area contributed by atoms with Gasteiger partial charge in [-0.2, -0.15) is 5.10 Å². The third-order valence-corrected chi connectivity index (χ3v) is 7.76. The zero-order valence-corrected chi connectivity index (χ0v) is 21.5. The highest BCUT2D eigenvalue weighted by Gasteiger charge is 2.51. The summed E-state index contributed by atoms with van der Waals surface area (Å²) in [6.07, 6.45) is 4.96. The van der Waals surface area contributed by atoms with Crippen molar-refractivity contribution in [2.24, 2.45) is 0 Å². The Hall–Kier alpha value is -2.91. The average Bonchev–Trinajstić information content (AvgIpc) is 3.23. The Balaban J connectivity index is 1.16. The minimum Gasteiger partial charge on any atom is -0.489 e. The lowest BCUT2D eigenvalue weighted by Crippen LogP contribution is -2.77. The summed E-state index contributed by atoms with van der Waals surface area (Å²) >= 11 is 12.4. The van der Waals surface area contributed by atoms with E-state index in [-0.39, 0.29) is 12.1 Å². The van der Waals surface area contributed by atoms with Crippen molar-refractivity contribution in [3.8, 4) is 17.0 Å². The lowest BCUT2D eigenvalue weighted by atomic mass is 9.82. The molecule has 2 aliphatic rings. The summed E-state index contributed by atoms with van der Waals surface area (Å²) in [6.45, 7) is 7.62. The van der Waals surface area contributed by atoms with Gasteiger partial charge < -0.3 is 14.7 Å². The summed E-state index contributed by atoms with van der Waals surface area (Å²) in [7, 11) is 0. The Morgan fingerprint density at radius 3 is 2.44 bits per heavy atom. The molecule has 0 atom stereocenters. The fourth-order valence-corrected chi connectivity index (χ4v) is 5.52. The summed E-state index contributed by atoms with van der Waals surface area (Å²) in [6, 6.07) is 9.86. The Bertz CT molecular complexity index is 1400. The van der Waals surface area contributed by atoms with E-state index in [0.29, 0.717) is 21.4 Å². The second-order valence-corrected chi connectivity index (χ2v) is 11.1. The number of nitrogens with zero attached hydrogens (tertiary/aromatic N) is 5. The fraction of sp³-hybridized carbons (Fsp3) is 0.346. The van der Waals surface area contributed by atoms with Crippen molar-refractivity contribution in [2.75, 3.05) is 31.1 Å². The monoisotopic (exact) mass is 524 g/mol. The minimum absolute atomic E-state index is 0.0854. The van der Waals surface area contributed by atoms with Crippen LogP contribution in [0.2, 0.25) is 10.0 Å². The van der Waals surface area contributed by atoms with E-state index in [1.54, 1.807) is 12.4 Å². The van der Waals surface area contributed by atoms with Crippen LogP contribution in [0.15, 0.2) is 48.9 Å². The third kappa shape index (κ3) is 4.18. The first-order valence-corrected chi connectivity index (χ1v) is 12.5. The molecule has 0 spiro atoms. The molecule has 0 radical (unpaired) electrons. The van der Waals surface area contributed by atoms with Crippen molar-refractivity contribution in [3.63, 3.8) is 0 Å². The lowest BCUT2D eigenvalue weighted by molar-refractivity contribution is -0.134. The molecule has 0 bridgehead atoms. The van der Waals surface area contributed by atoms with Gasteiger partial charge in [-0.05, 0) is 44.2 Å². The molecule has 6 rings (SSSR count). The molecule has 36 heavy (non-hydrogen) atoms. The fourth-order valence-electron chi connectivity index (χ4n) is 5.04. The maximum atomic E-state index is 10.1. The van der Waals surface area contributed by atoms with Crippen molar-refractivity contribution in [2.45, 2.75) is 31.6 Å². The molecule has 0 saturated carbocycles. The van der Waals surface area contributed by atoms with Crippen LogP contribution in [-0.2, 0) is 6.61 Å². The highest BCUT2D eigenvalue weighted by atomic mass is 35.5. The Labute approximate surface area is 218 Å². The van der Waals surface area contributed by atoms with Crippen molar-refractivity contribution in [1.82, 2.24) is 25.1 Å². The first-order chi connectivity index (χ1) is 17.2. The number of likely N-dealkylation sites (tertiary alicyclic amines) is 1. The normalized spacial score (nSPS) is 18.6. The van der Waals surface area contributed by atoms with Crippen LogP contribution in [0.5, 0.6) is 5.75 Å². The number of aromatic amines is 1. The number of anilines is 1. The van der Waals surface area contributed by atoms with E-state index in [2.05, 4.69) is 31.9 Å². The van der Waals surface area contributed by atoms with Crippen molar-refractivity contribution in [1.29, 1.82) is 0 Å². The molecule has 2 N–H and O–H groups in total. The number of pyridine rings is 2. The highest BCUT2D eigenvalue weighted by Crippen LogP contribution is 2.37. The third-order valence-electron chi connectivity index (χ3n) is 7.10. The number of nitrogens with one attached hydrogen (secondary N) is 1. The van der Waals surface area contributed by atoms with Crippen LogP contribution in [0, 0.1) is 0 Å². The molecule has 5 heterocycles. The number of β-amino-alcohol motifs (C(OH)–C–C–N with tert-alkyl or cyclic N) is 1. The van der Waals surface area contributed by atoms with Crippen LogP contribution < -0.4 is 9.64 Å². The molecule has 0 amide bonds. The average molecular weight is 525 g/mol. The van der Waals surface area contributed by atoms with Crippen LogP contribution in [0.4, 0.5) is 5.82 Å². The van der Waals surface area contributed by atoms with Gasteiger partial charge in [0.05, 0.1) is 26.7 Å². The number of ether oxygens (including phenoxy) is 1. The van der Waals surface area contributed by atoms with E-state index in [0.717, 1.165) is 54.2 Å². The van der Waals surface area contributed by atoms with Gasteiger partial charge in [0.25, 0.3) is 0 Å². The maximum absolute atomic E-state index is 10.1. The van der Waals surface area contributed by atoms with Crippen LogP contribution in [0.3, 0.4) is 0 Å². The molecular weight excluding hydrogens is 499 g/mol. The summed E-state index contributed by atoms with van der Waals surface area (Å²) in [5, 5.41) is 19.6. The van der Waals surface area contributed by atoms with Gasteiger partial charge in [0.15, 0.2) is 0 Å². The van der Waals surface area contributed by atoms with Gasteiger partial charge in [-0.1, -0.05) is 23.2 Å². The second-order valence-electron chi connectivity index (χ2n) is 10.3. The molecule has 2 fully saturated rings. The van der Waals surface area contributed by atoms with Gasteiger partial charge in [-0.15, -0.1) is 0 Å². The Kier molecular flexibility index (Phi) is 5.60. The number of aliphatic hydroxyl groups is 1. The van der Waals surface area contributed by atoms with Crippen molar-refractivity contribution in [3.05, 3.63) is 64.5 Å². The zero-order valence-electron chi connectivity index (χ0n) is 20.0. The summed E-state index contributed by atoms with van der Waals surface area (Å²) in [4.78, 5) is 13.3. The number of fused-ring (bicyclic) bond motifs is 1. The van der Waals surface area contributed by atoms with E-state index in [1.165, 1.54) is 0 Å². The summed E-state index contributed by atoms with van der Waals surface area (Å²) in [5.41, 5.74) is 2.87. The summed E-state index contributed by atoms with van der Waals surface area (Å²) < 4.78 is 5.98. The number of aromatic nitrogens is 4. The predicted octanol–water partition coefficient (Wildman–Crippen LogP) is 4.55. The van der Waals surface area contributed by atoms with Gasteiger partial charge in [0.1, 0.15) is 23.9 Å². The van der Waals surface area contributed by atoms with Gasteiger partial charge >= 0.3 is 0 Å². The van der Waals surface area contributed by atoms with E-state index < -0.39 is 5.60 Å². The van der Waals surface area contributed by atoms with Crippen molar-refractivity contribution >= 4 is 39.9 Å². The first kappa shape index (κ1) is 23.5. The molecule has 2 aliphatic heterocycles. The van der Waals surface area contributed by atoms with Crippen LogP contribution in [-0.4, -0.2) is 67.5 Å². The van der Waals surface area contributed by atoms with Gasteiger partial charge in [0, 0.05) is 61.3 Å². The number of rotatable bonds is 6. The van der Waals surface area contributed by atoms with E-state index in [1.807, 2.05) is 43.5 Å². The molecule has 0 aliphatic carbocycles. The Morgan fingerprint density at radius 1 is 1.03 bits per heavy atom. The van der Waals surface area contributed by atoms with Gasteiger partial charge in [0.2, 0.25) is 0 Å². The highest BCUT2D eigenvalue weighted by molar-refractivity contribution is 6.35. The number of hydrogen-bond acceptors (Lipinski definition) is 7. The molecule has 4 aromatic rings. The number of hydrogen-bond donors (Lipinski definition) is 2. The second kappa shape index (κ2) is 8.59.